The molecule has 0 saturated carbocycles. The van der Waals surface area contributed by atoms with Crippen molar-refractivity contribution >= 4 is 23.8 Å². The molecule has 0 aliphatic heterocycles. The molecule has 0 unspecified atom stereocenters. The van der Waals surface area contributed by atoms with Crippen LogP contribution in [0.1, 0.15) is 6.92 Å². The molecule has 0 amide bonds. The van der Waals surface area contributed by atoms with Crippen LogP contribution in [0.5, 0.6) is 0 Å². The summed E-state index contributed by atoms with van der Waals surface area (Å²) in [5, 5.41) is 13.8. The third-order valence-electron chi connectivity index (χ3n) is 0.741. The molecule has 78 valence electrons. The van der Waals surface area contributed by atoms with Crippen molar-refractivity contribution in [3.05, 3.63) is 0 Å². The molecule has 0 fully saturated rings. The molecule has 0 radical (unpaired) electrons. The van der Waals surface area contributed by atoms with Gasteiger partial charge in [-0.1, -0.05) is 0 Å². The van der Waals surface area contributed by atoms with Crippen LogP contribution in [0.2, 0.25) is 0 Å². The molecule has 0 heterocycles. The van der Waals surface area contributed by atoms with Crippen molar-refractivity contribution in [2.45, 2.75) is 6.92 Å². The zero-order valence-electron chi connectivity index (χ0n) is 7.58. The second kappa shape index (κ2) is 8.18. The summed E-state index contributed by atoms with van der Waals surface area (Å²) in [5.74, 6) is -0.263. The van der Waals surface area contributed by atoms with E-state index in [0.29, 0.717) is 5.71 Å². The van der Waals surface area contributed by atoms with Gasteiger partial charge in [-0.05, 0) is 6.92 Å². The molecule has 0 spiro atoms. The topological polar surface area (TPSA) is 154 Å². The van der Waals surface area contributed by atoms with Gasteiger partial charge in [0.1, 0.15) is 0 Å². The van der Waals surface area contributed by atoms with E-state index in [1.165, 1.54) is 6.21 Å². The molecule has 14 heavy (non-hydrogen) atoms. The summed E-state index contributed by atoms with van der Waals surface area (Å²) < 4.78 is 0. The molecular weight excluding hydrogens is 356 g/mol. The van der Waals surface area contributed by atoms with Crippen molar-refractivity contribution in [3.8, 4) is 0 Å². The molecule has 0 saturated heterocycles. The van der Waals surface area contributed by atoms with Gasteiger partial charge in [0.2, 0.25) is 11.9 Å². The average Bonchev–Trinajstić information content (AvgIpc) is 2.00. The van der Waals surface area contributed by atoms with Gasteiger partial charge in [-0.25, -0.2) is 0 Å². The van der Waals surface area contributed by atoms with Gasteiger partial charge in [0.25, 0.3) is 0 Å². The standard InChI is InChI=1S/C5H12N8.W/c1-3(11-13-5(8)9)2-10-12-4(6)7;/h2H,1H3,(H4,6,7,12)(H4,8,9,13);. The van der Waals surface area contributed by atoms with E-state index in [9.17, 15) is 0 Å². The summed E-state index contributed by atoms with van der Waals surface area (Å²) >= 11 is 0. The minimum absolute atomic E-state index is 0. The molecule has 0 aromatic rings. The quantitative estimate of drug-likeness (QED) is 0.256. The summed E-state index contributed by atoms with van der Waals surface area (Å²) in [4.78, 5) is 0. The Bertz CT molecular complexity index is 269. The maximum absolute atomic E-state index is 5.03. The average molecular weight is 368 g/mol. The molecule has 0 aliphatic rings. The minimum atomic E-state index is -0.133. The van der Waals surface area contributed by atoms with Gasteiger partial charge in [0.15, 0.2) is 0 Å². The van der Waals surface area contributed by atoms with Gasteiger partial charge in [0.05, 0.1) is 11.9 Å². The Balaban J connectivity index is 0. The fourth-order valence-corrected chi connectivity index (χ4v) is 0.342. The molecule has 0 aliphatic carbocycles. The first-order valence-electron chi connectivity index (χ1n) is 3.27. The first-order chi connectivity index (χ1) is 6.02. The van der Waals surface area contributed by atoms with Crippen molar-refractivity contribution in [1.82, 2.24) is 0 Å². The van der Waals surface area contributed by atoms with E-state index in [1.54, 1.807) is 6.92 Å². The van der Waals surface area contributed by atoms with Crippen LogP contribution >= 0.6 is 0 Å². The predicted octanol–water partition coefficient (Wildman–Crippen LogP) is -2.11. The normalized spacial score (nSPS) is 10.5. The molecule has 0 atom stereocenters. The molecule has 0 bridgehead atoms. The van der Waals surface area contributed by atoms with Crippen LogP contribution in [-0.4, -0.2) is 23.8 Å². The number of hydrogen-bond donors (Lipinski definition) is 4. The van der Waals surface area contributed by atoms with E-state index in [4.69, 9.17) is 22.9 Å². The number of guanidine groups is 2. The van der Waals surface area contributed by atoms with E-state index in [-0.39, 0.29) is 33.0 Å². The number of nitrogens with zero attached hydrogens (tertiary/aromatic N) is 4. The van der Waals surface area contributed by atoms with Crippen LogP contribution < -0.4 is 22.9 Å². The van der Waals surface area contributed by atoms with Crippen molar-refractivity contribution in [3.63, 3.8) is 0 Å². The Hall–Kier alpha value is -1.43. The van der Waals surface area contributed by atoms with Gasteiger partial charge < -0.3 is 22.9 Å². The maximum Gasteiger partial charge on any atom is 0.211 e. The molecule has 0 aromatic heterocycles. The van der Waals surface area contributed by atoms with Crippen molar-refractivity contribution in [1.29, 1.82) is 0 Å². The zero-order chi connectivity index (χ0) is 10.3. The van der Waals surface area contributed by atoms with Gasteiger partial charge in [0, 0.05) is 21.1 Å². The van der Waals surface area contributed by atoms with Crippen LogP contribution in [0.3, 0.4) is 0 Å². The predicted molar refractivity (Wildman–Crippen MR) is 53.2 cm³/mol. The molecule has 0 rings (SSSR count). The summed E-state index contributed by atoms with van der Waals surface area (Å²) in [6, 6.07) is 0. The Kier molecular flexibility index (Phi) is 8.80. The van der Waals surface area contributed by atoms with Gasteiger partial charge in [-0.2, -0.15) is 10.2 Å². The van der Waals surface area contributed by atoms with Crippen LogP contribution in [0.4, 0.5) is 0 Å². The van der Waals surface area contributed by atoms with Gasteiger partial charge in [-0.15, -0.1) is 10.2 Å². The fraction of sp³-hybridized carbons (Fsp3) is 0.200. The molecule has 9 heteroatoms. The Morgan fingerprint density at radius 3 is 1.86 bits per heavy atom. The molecule has 0 aromatic carbocycles. The zero-order valence-corrected chi connectivity index (χ0v) is 10.5. The van der Waals surface area contributed by atoms with E-state index in [1.807, 2.05) is 0 Å². The van der Waals surface area contributed by atoms with Crippen molar-refractivity contribution < 1.29 is 21.1 Å². The SMILES string of the molecule is CC(C=NN=C(N)N)=NN=C(N)N.[W]. The van der Waals surface area contributed by atoms with Crippen molar-refractivity contribution in [2.75, 3.05) is 0 Å². The van der Waals surface area contributed by atoms with E-state index >= 15 is 0 Å². The summed E-state index contributed by atoms with van der Waals surface area (Å²) in [6.45, 7) is 1.64. The Labute approximate surface area is 95.5 Å². The molecule has 8 nitrogen and oxygen atoms in total. The first-order valence-corrected chi connectivity index (χ1v) is 3.27. The summed E-state index contributed by atoms with van der Waals surface area (Å²) in [7, 11) is 0. The van der Waals surface area contributed by atoms with Crippen LogP contribution in [0.25, 0.3) is 0 Å². The number of rotatable bonds is 3. The monoisotopic (exact) mass is 368 g/mol. The van der Waals surface area contributed by atoms with E-state index in [0.717, 1.165) is 0 Å². The van der Waals surface area contributed by atoms with Gasteiger partial charge in [-0.3, -0.25) is 0 Å². The van der Waals surface area contributed by atoms with Crippen LogP contribution in [0.15, 0.2) is 20.4 Å². The Morgan fingerprint density at radius 1 is 0.929 bits per heavy atom. The number of nitrogens with two attached hydrogens (primary N) is 4. The third kappa shape index (κ3) is 10.6. The van der Waals surface area contributed by atoms with E-state index in [2.05, 4.69) is 20.4 Å². The third-order valence-corrected chi connectivity index (χ3v) is 0.741. The first kappa shape index (κ1) is 15.1. The van der Waals surface area contributed by atoms with Crippen molar-refractivity contribution in [2.24, 2.45) is 43.3 Å². The second-order valence-electron chi connectivity index (χ2n) is 2.04. The summed E-state index contributed by atoms with van der Waals surface area (Å²) in [6.07, 6.45) is 1.31. The van der Waals surface area contributed by atoms with Crippen LogP contribution in [0, 0.1) is 0 Å². The van der Waals surface area contributed by atoms with E-state index < -0.39 is 0 Å². The molecule has 8 N–H and O–H groups in total. The minimum Gasteiger partial charge on any atom is -0.369 e. The molecular formula is C5H12N8W. The number of hydrogen-bond acceptors (Lipinski definition) is 4. The maximum atomic E-state index is 5.03. The smallest absolute Gasteiger partial charge is 0.211 e. The second-order valence-corrected chi connectivity index (χ2v) is 2.04. The van der Waals surface area contributed by atoms with Gasteiger partial charge >= 0.3 is 0 Å². The Morgan fingerprint density at radius 2 is 1.43 bits per heavy atom. The fourth-order valence-electron chi connectivity index (χ4n) is 0.342. The largest absolute Gasteiger partial charge is 0.369 e. The summed E-state index contributed by atoms with van der Waals surface area (Å²) in [5.41, 5.74) is 20.5. The van der Waals surface area contributed by atoms with Crippen LogP contribution in [-0.2, 0) is 21.1 Å².